The highest BCUT2D eigenvalue weighted by Crippen LogP contribution is 2.34. The maximum atomic E-state index is 9.66. The summed E-state index contributed by atoms with van der Waals surface area (Å²) in [7, 11) is 0. The van der Waals surface area contributed by atoms with Crippen molar-refractivity contribution >= 4 is 22.9 Å². The maximum Gasteiger partial charge on any atom is 0.208 e. The number of hydrogen-bond acceptors (Lipinski definition) is 6. The van der Waals surface area contributed by atoms with Gasteiger partial charge in [-0.3, -0.25) is 4.57 Å². The summed E-state index contributed by atoms with van der Waals surface area (Å²) in [6.45, 7) is 5.38. The predicted octanol–water partition coefficient (Wildman–Crippen LogP) is 1.94. The van der Waals surface area contributed by atoms with Crippen LogP contribution >= 0.6 is 0 Å². The fraction of sp³-hybridized carbons (Fsp3) is 0.688. The number of aliphatic hydroxyl groups excluding tert-OH is 1. The fourth-order valence-corrected chi connectivity index (χ4v) is 3.39. The molecule has 2 N–H and O–H groups in total. The van der Waals surface area contributed by atoms with E-state index >= 15 is 0 Å². The lowest BCUT2D eigenvalue weighted by Crippen LogP contribution is -2.34. The first-order valence-electron chi connectivity index (χ1n) is 8.56. The average Bonchev–Trinajstić information content (AvgIpc) is 3.09. The van der Waals surface area contributed by atoms with Gasteiger partial charge in [0.05, 0.1) is 12.6 Å². The van der Waals surface area contributed by atoms with Gasteiger partial charge in [-0.2, -0.15) is 0 Å². The van der Waals surface area contributed by atoms with E-state index in [0.29, 0.717) is 6.04 Å². The molecule has 1 aliphatic heterocycles. The number of imidazole rings is 1. The van der Waals surface area contributed by atoms with Crippen molar-refractivity contribution in [1.29, 1.82) is 0 Å². The molecule has 1 saturated heterocycles. The van der Waals surface area contributed by atoms with E-state index in [4.69, 9.17) is 4.98 Å². The van der Waals surface area contributed by atoms with Crippen LogP contribution in [0.15, 0.2) is 6.33 Å². The molecule has 2 aromatic heterocycles. The zero-order valence-corrected chi connectivity index (χ0v) is 13.7. The Morgan fingerprint density at radius 1 is 1.30 bits per heavy atom. The molecule has 3 heterocycles. The van der Waals surface area contributed by atoms with Crippen molar-refractivity contribution in [2.45, 2.75) is 57.7 Å². The average molecular weight is 316 g/mol. The van der Waals surface area contributed by atoms with Crippen LogP contribution < -0.4 is 10.2 Å². The first-order chi connectivity index (χ1) is 11.2. The van der Waals surface area contributed by atoms with E-state index in [2.05, 4.69) is 38.6 Å². The SMILES string of the molecule is CC(C)n1c(N2CCCC2CO)nc2c(NC3CC3)ncnc21. The predicted molar refractivity (Wildman–Crippen MR) is 89.8 cm³/mol. The van der Waals surface area contributed by atoms with E-state index < -0.39 is 0 Å². The van der Waals surface area contributed by atoms with Gasteiger partial charge in [0.2, 0.25) is 5.95 Å². The van der Waals surface area contributed by atoms with Gasteiger partial charge < -0.3 is 15.3 Å². The van der Waals surface area contributed by atoms with Gasteiger partial charge in [0.15, 0.2) is 17.0 Å². The molecule has 23 heavy (non-hydrogen) atoms. The topological polar surface area (TPSA) is 79.1 Å². The molecule has 2 aromatic rings. The first-order valence-corrected chi connectivity index (χ1v) is 8.56. The number of nitrogens with zero attached hydrogens (tertiary/aromatic N) is 5. The normalized spacial score (nSPS) is 21.6. The summed E-state index contributed by atoms with van der Waals surface area (Å²) in [6, 6.07) is 0.924. The molecule has 2 aliphatic rings. The Labute approximate surface area is 135 Å². The van der Waals surface area contributed by atoms with Gasteiger partial charge in [-0.25, -0.2) is 15.0 Å². The maximum absolute atomic E-state index is 9.66. The molecule has 0 bridgehead atoms. The molecule has 7 heteroatoms. The number of aliphatic hydroxyl groups is 1. The van der Waals surface area contributed by atoms with E-state index in [9.17, 15) is 5.11 Å². The number of anilines is 2. The lowest BCUT2D eigenvalue weighted by molar-refractivity contribution is 0.265. The molecule has 7 nitrogen and oxygen atoms in total. The van der Waals surface area contributed by atoms with Crippen LogP contribution in [0.2, 0.25) is 0 Å². The molecule has 0 spiro atoms. The number of hydrogen-bond donors (Lipinski definition) is 2. The number of fused-ring (bicyclic) bond motifs is 1. The van der Waals surface area contributed by atoms with E-state index in [1.807, 2.05) is 0 Å². The van der Waals surface area contributed by atoms with Crippen LogP contribution in [0.4, 0.5) is 11.8 Å². The van der Waals surface area contributed by atoms with E-state index in [1.54, 1.807) is 6.33 Å². The Kier molecular flexibility index (Phi) is 3.60. The van der Waals surface area contributed by atoms with Crippen LogP contribution in [0.3, 0.4) is 0 Å². The zero-order valence-electron chi connectivity index (χ0n) is 13.7. The Hall–Kier alpha value is -1.89. The van der Waals surface area contributed by atoms with Crippen molar-refractivity contribution in [1.82, 2.24) is 19.5 Å². The lowest BCUT2D eigenvalue weighted by atomic mass is 10.2. The molecular weight excluding hydrogens is 292 g/mol. The van der Waals surface area contributed by atoms with Gasteiger partial charge in [0, 0.05) is 18.6 Å². The Morgan fingerprint density at radius 3 is 2.83 bits per heavy atom. The Bertz CT molecular complexity index is 708. The number of rotatable bonds is 5. The van der Waals surface area contributed by atoms with Crippen molar-refractivity contribution in [3.63, 3.8) is 0 Å². The molecular formula is C16H24N6O. The third-order valence-electron chi connectivity index (χ3n) is 4.74. The number of aromatic nitrogens is 4. The molecule has 2 fully saturated rings. The van der Waals surface area contributed by atoms with Gasteiger partial charge in [0.1, 0.15) is 6.33 Å². The summed E-state index contributed by atoms with van der Waals surface area (Å²) in [4.78, 5) is 16.0. The molecule has 0 amide bonds. The van der Waals surface area contributed by atoms with Crippen LogP contribution in [-0.4, -0.2) is 49.9 Å². The van der Waals surface area contributed by atoms with Crippen molar-refractivity contribution in [3.05, 3.63) is 6.33 Å². The smallest absolute Gasteiger partial charge is 0.208 e. The summed E-state index contributed by atoms with van der Waals surface area (Å²) in [5.74, 6) is 1.74. The van der Waals surface area contributed by atoms with Gasteiger partial charge in [-0.1, -0.05) is 0 Å². The van der Waals surface area contributed by atoms with Crippen LogP contribution in [0.1, 0.15) is 45.6 Å². The Morgan fingerprint density at radius 2 is 2.13 bits per heavy atom. The second-order valence-corrected chi connectivity index (χ2v) is 6.86. The van der Waals surface area contributed by atoms with E-state index in [1.165, 1.54) is 12.8 Å². The first kappa shape index (κ1) is 14.7. The molecule has 1 unspecified atom stereocenters. The minimum absolute atomic E-state index is 0.150. The molecule has 1 aliphatic carbocycles. The van der Waals surface area contributed by atoms with Gasteiger partial charge >= 0.3 is 0 Å². The highest BCUT2D eigenvalue weighted by atomic mass is 16.3. The van der Waals surface area contributed by atoms with Crippen molar-refractivity contribution < 1.29 is 5.11 Å². The third-order valence-corrected chi connectivity index (χ3v) is 4.74. The third kappa shape index (κ3) is 2.52. The fourth-order valence-electron chi connectivity index (χ4n) is 3.39. The lowest BCUT2D eigenvalue weighted by Gasteiger charge is -2.26. The summed E-state index contributed by atoms with van der Waals surface area (Å²) >= 11 is 0. The molecule has 1 saturated carbocycles. The zero-order chi connectivity index (χ0) is 16.0. The Balaban J connectivity index is 1.84. The highest BCUT2D eigenvalue weighted by molar-refractivity contribution is 5.85. The minimum atomic E-state index is 0.150. The van der Waals surface area contributed by atoms with Crippen LogP contribution in [0.25, 0.3) is 11.2 Å². The molecule has 124 valence electrons. The second-order valence-electron chi connectivity index (χ2n) is 6.86. The number of nitrogens with one attached hydrogen (secondary N) is 1. The highest BCUT2D eigenvalue weighted by Gasteiger charge is 2.31. The molecule has 0 aromatic carbocycles. The quantitative estimate of drug-likeness (QED) is 0.877. The van der Waals surface area contributed by atoms with Gasteiger partial charge in [0.25, 0.3) is 0 Å². The van der Waals surface area contributed by atoms with E-state index in [0.717, 1.165) is 42.3 Å². The van der Waals surface area contributed by atoms with Crippen molar-refractivity contribution in [3.8, 4) is 0 Å². The standard InChI is InChI=1S/C16H24N6O/c1-10(2)22-15-13(14(17-9-18-15)19-11-5-6-11)20-16(22)21-7-3-4-12(21)8-23/h9-12,23H,3-8H2,1-2H3,(H,17,18,19). The van der Waals surface area contributed by atoms with Crippen LogP contribution in [0.5, 0.6) is 0 Å². The molecule has 1 atom stereocenters. The van der Waals surface area contributed by atoms with Crippen molar-refractivity contribution in [2.24, 2.45) is 0 Å². The van der Waals surface area contributed by atoms with E-state index in [-0.39, 0.29) is 18.7 Å². The minimum Gasteiger partial charge on any atom is -0.394 e. The van der Waals surface area contributed by atoms with Gasteiger partial charge in [-0.05, 0) is 39.5 Å². The monoisotopic (exact) mass is 316 g/mol. The second kappa shape index (κ2) is 5.63. The van der Waals surface area contributed by atoms with Crippen LogP contribution in [-0.2, 0) is 0 Å². The van der Waals surface area contributed by atoms with Crippen LogP contribution in [0, 0.1) is 0 Å². The van der Waals surface area contributed by atoms with Gasteiger partial charge in [-0.15, -0.1) is 0 Å². The summed E-state index contributed by atoms with van der Waals surface area (Å²) in [6.07, 6.45) is 6.11. The molecule has 0 radical (unpaired) electrons. The largest absolute Gasteiger partial charge is 0.394 e. The van der Waals surface area contributed by atoms with Crippen molar-refractivity contribution in [2.75, 3.05) is 23.4 Å². The summed E-state index contributed by atoms with van der Waals surface area (Å²) in [5, 5.41) is 13.1. The molecule has 4 rings (SSSR count). The summed E-state index contributed by atoms with van der Waals surface area (Å²) in [5.41, 5.74) is 1.71. The summed E-state index contributed by atoms with van der Waals surface area (Å²) < 4.78 is 2.17.